The van der Waals surface area contributed by atoms with Gasteiger partial charge in [-0.25, -0.2) is 0 Å². The molecule has 0 fully saturated rings. The normalized spacial score (nSPS) is 11.7. The summed E-state index contributed by atoms with van der Waals surface area (Å²) in [6.07, 6.45) is 0. The van der Waals surface area contributed by atoms with Crippen LogP contribution in [-0.4, -0.2) is 0 Å². The van der Waals surface area contributed by atoms with E-state index in [9.17, 15) is 0 Å². The van der Waals surface area contributed by atoms with Gasteiger partial charge in [0.2, 0.25) is 0 Å². The molecule has 0 unspecified atom stereocenters. The Labute approximate surface area is 758 Å². The van der Waals surface area contributed by atoms with E-state index in [0.717, 1.165) is 0 Å². The van der Waals surface area contributed by atoms with E-state index in [1.165, 1.54) is 258 Å². The molecule has 0 amide bonds. The van der Waals surface area contributed by atoms with Gasteiger partial charge in [-0.05, 0) is 246 Å². The molecule has 129 heavy (non-hydrogen) atoms. The van der Waals surface area contributed by atoms with Crippen molar-refractivity contribution in [2.24, 2.45) is 0 Å². The average Bonchev–Trinajstić information content (AvgIpc) is 1.72. The van der Waals surface area contributed by atoms with Crippen molar-refractivity contribution in [3.05, 3.63) is 473 Å². The Morgan fingerprint density at radius 3 is 0.760 bits per heavy atom. The highest BCUT2D eigenvalue weighted by molar-refractivity contribution is 7.26. The first-order valence-electron chi connectivity index (χ1n) is 44.3. The second-order valence-corrected chi connectivity index (χ2v) is 36.9. The molecule has 3 aromatic heterocycles. The van der Waals surface area contributed by atoms with Crippen LogP contribution >= 0.6 is 34.0 Å². The fourth-order valence-corrected chi connectivity index (χ4v) is 24.4. The zero-order valence-corrected chi connectivity index (χ0v) is 72.7. The Morgan fingerprint density at radius 2 is 0.349 bits per heavy atom. The number of hydrogen-bond donors (Lipinski definition) is 0. The molecular formula is C126H78S3. The maximum atomic E-state index is 2.38. The molecule has 0 aliphatic heterocycles. The lowest BCUT2D eigenvalue weighted by Gasteiger charge is -2.20. The van der Waals surface area contributed by atoms with Crippen molar-refractivity contribution in [1.29, 1.82) is 0 Å². The second-order valence-electron chi connectivity index (χ2n) is 33.7. The summed E-state index contributed by atoms with van der Waals surface area (Å²) in [6.45, 7) is 0. The van der Waals surface area contributed by atoms with Crippen molar-refractivity contribution in [1.82, 2.24) is 0 Å². The summed E-state index contributed by atoms with van der Waals surface area (Å²) in [5, 5.41) is 31.1. The minimum Gasteiger partial charge on any atom is -0.135 e. The maximum absolute atomic E-state index is 2.38. The van der Waals surface area contributed by atoms with Gasteiger partial charge in [0, 0.05) is 60.5 Å². The molecule has 0 aliphatic carbocycles. The van der Waals surface area contributed by atoms with Crippen molar-refractivity contribution in [2.75, 3.05) is 0 Å². The third-order valence-corrected chi connectivity index (χ3v) is 30.0. The van der Waals surface area contributed by atoms with Gasteiger partial charge >= 0.3 is 0 Å². The molecule has 0 nitrogen and oxygen atoms in total. The van der Waals surface area contributed by atoms with Crippen LogP contribution in [0, 0.1) is 0 Å². The van der Waals surface area contributed by atoms with Crippen LogP contribution < -0.4 is 0 Å². The molecule has 0 atom stereocenters. The molecule has 0 radical (unpaired) electrons. The first kappa shape index (κ1) is 75.8. The van der Waals surface area contributed by atoms with Crippen molar-refractivity contribution in [3.63, 3.8) is 0 Å². The van der Waals surface area contributed by atoms with Crippen molar-refractivity contribution in [2.45, 2.75) is 0 Å². The van der Waals surface area contributed by atoms with Gasteiger partial charge in [0.15, 0.2) is 0 Å². The summed E-state index contributed by atoms with van der Waals surface area (Å²) < 4.78 is 8.00. The van der Waals surface area contributed by atoms with Crippen LogP contribution in [-0.2, 0) is 0 Å². The molecular weight excluding hydrogens is 1610 g/mol. The highest BCUT2D eigenvalue weighted by Crippen LogP contribution is 2.54. The molecule has 27 aromatic rings. The Hall–Kier alpha value is -15.7. The van der Waals surface area contributed by atoms with Crippen molar-refractivity contribution < 1.29 is 0 Å². The minimum absolute atomic E-state index is 1.24. The van der Waals surface area contributed by atoms with Gasteiger partial charge in [-0.1, -0.05) is 425 Å². The quantitative estimate of drug-likeness (QED) is 0.126. The molecule has 24 aromatic carbocycles. The number of fused-ring (bicyclic) bond motifs is 18. The highest BCUT2D eigenvalue weighted by atomic mass is 32.1. The third kappa shape index (κ3) is 12.8. The minimum atomic E-state index is 1.24. The van der Waals surface area contributed by atoms with Crippen LogP contribution in [0.1, 0.15) is 0 Å². The van der Waals surface area contributed by atoms with Crippen LogP contribution in [0.5, 0.6) is 0 Å². The van der Waals surface area contributed by atoms with Crippen LogP contribution in [0.4, 0.5) is 0 Å². The van der Waals surface area contributed by atoms with E-state index in [1.807, 2.05) is 34.0 Å². The van der Waals surface area contributed by atoms with E-state index in [-0.39, 0.29) is 0 Å². The predicted octanol–water partition coefficient (Wildman–Crippen LogP) is 37.5. The fraction of sp³-hybridized carbons (Fsp3) is 0. The zero-order valence-electron chi connectivity index (χ0n) is 70.3. The smallest absolute Gasteiger partial charge is 0.0361 e. The maximum Gasteiger partial charge on any atom is 0.0361 e. The van der Waals surface area contributed by atoms with Gasteiger partial charge in [-0.2, -0.15) is 0 Å². The van der Waals surface area contributed by atoms with E-state index in [2.05, 4.69) is 473 Å². The lowest BCUT2D eigenvalue weighted by molar-refractivity contribution is 1.62. The Bertz CT molecular complexity index is 9030. The second kappa shape index (κ2) is 31.7. The lowest BCUT2D eigenvalue weighted by Crippen LogP contribution is -1.93. The number of rotatable bonds is 9. The molecule has 600 valence electrons. The van der Waals surface area contributed by atoms with Gasteiger partial charge < -0.3 is 0 Å². The topological polar surface area (TPSA) is 0 Å². The first-order chi connectivity index (χ1) is 64.0. The SMILES string of the molecule is c1cc(-c2cccc3ccccc23)cc(-c2c3ccccc3c(-c3cccc4sc5ccccc5c34)c3ccccc23)c1.c1ccc(-c2c3ccccc3c(-c3cccc4sc5ccccc5c34)c3ccccc23)c(-c2ccc3ccccc3c2)c1.c1ccc2c(-c3ccc(-c4c5ccccc5c(-c5cccc6sc7ccccc7c56)c5ccccc45)cc3)cccc2c1. The van der Waals surface area contributed by atoms with E-state index in [4.69, 9.17) is 0 Å². The van der Waals surface area contributed by atoms with E-state index >= 15 is 0 Å². The average molecular weight is 1690 g/mol. The zero-order chi connectivity index (χ0) is 85.0. The first-order valence-corrected chi connectivity index (χ1v) is 46.8. The number of benzene rings is 24. The van der Waals surface area contributed by atoms with Gasteiger partial charge in [0.25, 0.3) is 0 Å². The Morgan fingerprint density at radius 1 is 0.109 bits per heavy atom. The van der Waals surface area contributed by atoms with Crippen LogP contribution in [0.25, 0.3) is 258 Å². The molecule has 3 heteroatoms. The molecule has 0 spiro atoms. The van der Waals surface area contributed by atoms with Gasteiger partial charge in [-0.3, -0.25) is 0 Å². The van der Waals surface area contributed by atoms with Crippen LogP contribution in [0.3, 0.4) is 0 Å². The fourth-order valence-electron chi connectivity index (χ4n) is 21.0. The summed E-state index contributed by atoms with van der Waals surface area (Å²) in [4.78, 5) is 0. The van der Waals surface area contributed by atoms with Crippen LogP contribution in [0.15, 0.2) is 473 Å². The summed E-state index contributed by atoms with van der Waals surface area (Å²) in [7, 11) is 0. The van der Waals surface area contributed by atoms with Crippen molar-refractivity contribution in [3.8, 4) is 100 Å². The standard InChI is InChI=1S/3C42H26S/c1-2-16-30-27(12-1)13-10-22-31(30)28-14-9-15-29(26-28)40-32-17-3-5-19-34(32)41(35-20-6-4-18-33(35)40)37-23-11-25-39-42(37)36-21-7-8-24-38(36)43-39;1-2-13-30-27(11-1)12-9-19-31(30)28-23-25-29(26-24-28)40-32-14-3-5-16-34(32)41(35-17-6-4-15-33(35)40)37-20-10-22-39-42(37)36-18-7-8-21-38(36)43-39;1-2-13-28-26-29(25-24-27(28)12-1)30-14-3-4-15-31(30)40-32-16-5-7-18-34(32)41(35-19-8-6-17-33(35)40)37-21-11-23-39-42(37)36-20-9-10-22-38(36)43-39/h3*1-26H. The largest absolute Gasteiger partial charge is 0.135 e. The number of hydrogen-bond acceptors (Lipinski definition) is 3. The molecule has 27 rings (SSSR count). The molecule has 0 aliphatic rings. The van der Waals surface area contributed by atoms with Crippen LogP contribution in [0.2, 0.25) is 0 Å². The van der Waals surface area contributed by atoms with Gasteiger partial charge in [0.05, 0.1) is 0 Å². The number of thiophene rings is 3. The third-order valence-electron chi connectivity index (χ3n) is 26.6. The molecule has 0 bridgehead atoms. The highest BCUT2D eigenvalue weighted by Gasteiger charge is 2.26. The predicted molar refractivity (Wildman–Crippen MR) is 564 cm³/mol. The van der Waals surface area contributed by atoms with Gasteiger partial charge in [0.1, 0.15) is 0 Å². The van der Waals surface area contributed by atoms with E-state index in [1.54, 1.807) is 0 Å². The molecule has 0 saturated carbocycles. The Balaban J connectivity index is 0.000000105. The summed E-state index contributed by atoms with van der Waals surface area (Å²) in [6, 6.07) is 174. The van der Waals surface area contributed by atoms with E-state index in [0.29, 0.717) is 0 Å². The molecule has 3 heterocycles. The lowest BCUT2D eigenvalue weighted by atomic mass is 9.83. The summed E-state index contributed by atoms with van der Waals surface area (Å²) in [5.41, 5.74) is 23.0. The molecule has 0 N–H and O–H groups in total. The monoisotopic (exact) mass is 1690 g/mol. The summed E-state index contributed by atoms with van der Waals surface area (Å²) in [5.74, 6) is 0. The van der Waals surface area contributed by atoms with Gasteiger partial charge in [-0.15, -0.1) is 34.0 Å². The van der Waals surface area contributed by atoms with Crippen molar-refractivity contribution >= 4 is 191 Å². The summed E-state index contributed by atoms with van der Waals surface area (Å²) >= 11 is 5.64. The van der Waals surface area contributed by atoms with E-state index < -0.39 is 0 Å². The Kier molecular flexibility index (Phi) is 18.6. The molecule has 0 saturated heterocycles.